The van der Waals surface area contributed by atoms with E-state index in [0.29, 0.717) is 11.1 Å². The molecule has 0 aliphatic rings. The third-order valence-electron chi connectivity index (χ3n) is 5.46. The molecule has 0 amide bonds. The Hall–Kier alpha value is -3.28. The van der Waals surface area contributed by atoms with Crippen molar-refractivity contribution in [3.8, 4) is 11.5 Å². The first-order valence-electron chi connectivity index (χ1n) is 11.3. The van der Waals surface area contributed by atoms with Gasteiger partial charge in [0.1, 0.15) is 18.1 Å². The fraction of sp³-hybridized carbons (Fsp3) is 0.385. The molecule has 0 bridgehead atoms. The summed E-state index contributed by atoms with van der Waals surface area (Å²) in [6, 6.07) is 14.8. The molecule has 0 atom stereocenters. The lowest BCUT2D eigenvalue weighted by Gasteiger charge is -2.09. The van der Waals surface area contributed by atoms with E-state index in [2.05, 4.69) is 19.1 Å². The zero-order chi connectivity index (χ0) is 22.8. The molecular formula is C26H31NO5. The highest BCUT2D eigenvalue weighted by molar-refractivity contribution is 5.89. The lowest BCUT2D eigenvalue weighted by atomic mass is 10.0. The molecule has 0 fully saturated rings. The van der Waals surface area contributed by atoms with Gasteiger partial charge in [0.25, 0.3) is 0 Å². The van der Waals surface area contributed by atoms with Crippen molar-refractivity contribution >= 4 is 22.8 Å². The van der Waals surface area contributed by atoms with E-state index in [-0.39, 0.29) is 24.7 Å². The highest BCUT2D eigenvalue weighted by Crippen LogP contribution is 2.26. The molecule has 0 radical (unpaired) electrons. The van der Waals surface area contributed by atoms with Gasteiger partial charge in [0, 0.05) is 11.6 Å². The number of nitrogens with zero attached hydrogens (tertiary/aromatic N) is 1. The second kappa shape index (κ2) is 11.9. The number of carboxylic acid groups (broad SMARTS) is 1. The van der Waals surface area contributed by atoms with Crippen molar-refractivity contribution < 1.29 is 24.2 Å². The second-order valence-corrected chi connectivity index (χ2v) is 7.99. The first kappa shape index (κ1) is 23.4. The quantitative estimate of drug-likeness (QED) is 0.194. The number of hydrogen-bond donors (Lipinski definition) is 1. The van der Waals surface area contributed by atoms with Crippen LogP contribution in [-0.4, -0.2) is 28.2 Å². The maximum absolute atomic E-state index is 12.4. The molecule has 1 N–H and O–H groups in total. The Morgan fingerprint density at radius 2 is 1.69 bits per heavy atom. The maximum atomic E-state index is 12.4. The first-order chi connectivity index (χ1) is 15.6. The summed E-state index contributed by atoms with van der Waals surface area (Å²) in [4.78, 5) is 23.3. The molecule has 0 aliphatic carbocycles. The van der Waals surface area contributed by atoms with Gasteiger partial charge >= 0.3 is 6.16 Å². The number of carbonyl (C=O) groups excluding carboxylic acids is 1. The van der Waals surface area contributed by atoms with Crippen LogP contribution in [0.25, 0.3) is 10.9 Å². The van der Waals surface area contributed by atoms with Crippen LogP contribution >= 0.6 is 0 Å². The molecule has 6 nitrogen and oxygen atoms in total. The molecule has 0 unspecified atom stereocenters. The predicted molar refractivity (Wildman–Crippen MR) is 125 cm³/mol. The Labute approximate surface area is 188 Å². The van der Waals surface area contributed by atoms with Crippen LogP contribution in [0.5, 0.6) is 11.5 Å². The fourth-order valence-corrected chi connectivity index (χ4v) is 3.78. The number of Topliss-reactive ketones (excluding diaryl/α,β-unsaturated/α-hetero) is 1. The van der Waals surface area contributed by atoms with Gasteiger partial charge < -0.3 is 19.1 Å². The van der Waals surface area contributed by atoms with Crippen LogP contribution in [0.2, 0.25) is 0 Å². The van der Waals surface area contributed by atoms with Gasteiger partial charge in [-0.25, -0.2) is 4.79 Å². The minimum atomic E-state index is -1.37. The second-order valence-electron chi connectivity index (χ2n) is 7.99. The summed E-state index contributed by atoms with van der Waals surface area (Å²) >= 11 is 0. The lowest BCUT2D eigenvalue weighted by Crippen LogP contribution is -2.17. The third-order valence-corrected chi connectivity index (χ3v) is 5.46. The lowest BCUT2D eigenvalue weighted by molar-refractivity contribution is -0.121. The molecule has 1 aromatic heterocycles. The molecule has 0 aliphatic heterocycles. The number of aryl methyl sites for hydroxylation is 1. The van der Waals surface area contributed by atoms with Gasteiger partial charge in [-0.2, -0.15) is 0 Å². The average molecular weight is 438 g/mol. The standard InChI is InChI=1S/C26H31NO5/c1-2-3-4-5-6-7-9-20-12-14-22(15-13-20)31-19-21(28)18-27-17-16-23-24(27)10-8-11-25(23)32-26(29)30/h8,10-17H,2-7,9,18-19H2,1H3,(H,29,30). The van der Waals surface area contributed by atoms with Crippen molar-refractivity contribution in [1.29, 1.82) is 0 Å². The van der Waals surface area contributed by atoms with E-state index in [1.807, 2.05) is 18.2 Å². The van der Waals surface area contributed by atoms with Crippen LogP contribution in [-0.2, 0) is 17.8 Å². The molecular weight excluding hydrogens is 406 g/mol. The summed E-state index contributed by atoms with van der Waals surface area (Å²) in [5.41, 5.74) is 2.02. The van der Waals surface area contributed by atoms with Gasteiger partial charge in [-0.3, -0.25) is 4.79 Å². The zero-order valence-electron chi connectivity index (χ0n) is 18.6. The normalized spacial score (nSPS) is 10.9. The number of fused-ring (bicyclic) bond motifs is 1. The highest BCUT2D eigenvalue weighted by atomic mass is 16.7. The van der Waals surface area contributed by atoms with Gasteiger partial charge in [-0.15, -0.1) is 0 Å². The number of benzene rings is 2. The number of ketones is 1. The molecule has 3 rings (SSSR count). The van der Waals surface area contributed by atoms with Crippen molar-refractivity contribution in [2.24, 2.45) is 0 Å². The third kappa shape index (κ3) is 6.87. The molecule has 2 aromatic carbocycles. The van der Waals surface area contributed by atoms with Crippen LogP contribution < -0.4 is 9.47 Å². The van der Waals surface area contributed by atoms with Gasteiger partial charge in [-0.05, 0) is 48.7 Å². The Bertz CT molecular complexity index is 1020. The number of carbonyl (C=O) groups is 2. The van der Waals surface area contributed by atoms with Gasteiger partial charge in [-0.1, -0.05) is 57.2 Å². The molecule has 0 saturated heterocycles. The van der Waals surface area contributed by atoms with E-state index in [0.717, 1.165) is 11.9 Å². The number of rotatable bonds is 13. The van der Waals surface area contributed by atoms with E-state index < -0.39 is 6.16 Å². The molecule has 170 valence electrons. The summed E-state index contributed by atoms with van der Waals surface area (Å²) < 4.78 is 12.2. The molecule has 1 heterocycles. The average Bonchev–Trinajstić information content (AvgIpc) is 3.19. The van der Waals surface area contributed by atoms with Crippen LogP contribution in [0, 0.1) is 0 Å². The van der Waals surface area contributed by atoms with E-state index in [9.17, 15) is 9.59 Å². The number of ether oxygens (including phenoxy) is 2. The molecule has 3 aromatic rings. The van der Waals surface area contributed by atoms with E-state index in [1.165, 1.54) is 44.1 Å². The number of aromatic nitrogens is 1. The van der Waals surface area contributed by atoms with Gasteiger partial charge in [0.05, 0.1) is 12.1 Å². The summed E-state index contributed by atoms with van der Waals surface area (Å²) in [7, 11) is 0. The van der Waals surface area contributed by atoms with E-state index in [1.54, 1.807) is 29.0 Å². The molecule has 6 heteroatoms. The highest BCUT2D eigenvalue weighted by Gasteiger charge is 2.12. The van der Waals surface area contributed by atoms with Crippen LogP contribution in [0.4, 0.5) is 4.79 Å². The smallest absolute Gasteiger partial charge is 0.486 e. The minimum Gasteiger partial charge on any atom is -0.486 e. The first-order valence-corrected chi connectivity index (χ1v) is 11.3. The summed E-state index contributed by atoms with van der Waals surface area (Å²) in [5, 5.41) is 9.50. The predicted octanol–water partition coefficient (Wildman–Crippen LogP) is 6.25. The molecule has 0 spiro atoms. The van der Waals surface area contributed by atoms with E-state index in [4.69, 9.17) is 14.6 Å². The van der Waals surface area contributed by atoms with Crippen molar-refractivity contribution in [3.63, 3.8) is 0 Å². The monoisotopic (exact) mass is 437 g/mol. The summed E-state index contributed by atoms with van der Waals surface area (Å²) in [5.74, 6) is 0.848. The van der Waals surface area contributed by atoms with Crippen LogP contribution in [0.15, 0.2) is 54.7 Å². The maximum Gasteiger partial charge on any atom is 0.511 e. The number of unbranched alkanes of at least 4 members (excludes halogenated alkanes) is 5. The van der Waals surface area contributed by atoms with Crippen molar-refractivity contribution in [3.05, 3.63) is 60.3 Å². The van der Waals surface area contributed by atoms with E-state index >= 15 is 0 Å². The Morgan fingerprint density at radius 1 is 0.938 bits per heavy atom. The molecule has 0 saturated carbocycles. The van der Waals surface area contributed by atoms with Gasteiger partial charge in [0.15, 0.2) is 5.78 Å². The Kier molecular flexibility index (Phi) is 8.72. The number of hydrogen-bond acceptors (Lipinski definition) is 4. The van der Waals surface area contributed by atoms with Crippen molar-refractivity contribution in [1.82, 2.24) is 4.57 Å². The van der Waals surface area contributed by atoms with Crippen LogP contribution in [0.3, 0.4) is 0 Å². The Morgan fingerprint density at radius 3 is 2.44 bits per heavy atom. The zero-order valence-corrected chi connectivity index (χ0v) is 18.6. The topological polar surface area (TPSA) is 77.8 Å². The van der Waals surface area contributed by atoms with Crippen molar-refractivity contribution in [2.75, 3.05) is 6.61 Å². The van der Waals surface area contributed by atoms with Crippen LogP contribution in [0.1, 0.15) is 51.0 Å². The van der Waals surface area contributed by atoms with Crippen molar-refractivity contribution in [2.45, 2.75) is 58.4 Å². The Balaban J connectivity index is 1.46. The molecule has 32 heavy (non-hydrogen) atoms. The van der Waals surface area contributed by atoms with Gasteiger partial charge in [0.2, 0.25) is 0 Å². The summed E-state index contributed by atoms with van der Waals surface area (Å²) in [6.45, 7) is 2.34. The largest absolute Gasteiger partial charge is 0.511 e. The minimum absolute atomic E-state index is 0.0260. The SMILES string of the molecule is CCCCCCCCc1ccc(OCC(=O)Cn2ccc3c(OC(=O)O)cccc32)cc1. The summed E-state index contributed by atoms with van der Waals surface area (Å²) in [6.07, 6.45) is 9.15. The fourth-order valence-electron chi connectivity index (χ4n) is 3.78.